The molecule has 1 aromatic heterocycles. The minimum absolute atomic E-state index is 0.142. The Morgan fingerprint density at radius 3 is 2.46 bits per heavy atom. The van der Waals surface area contributed by atoms with E-state index in [1.807, 2.05) is 17.8 Å². The summed E-state index contributed by atoms with van der Waals surface area (Å²) in [4.78, 5) is 16.5. The fraction of sp³-hybridized carbons (Fsp3) is 0.100. The lowest BCUT2D eigenvalue weighted by Gasteiger charge is -2.06. The lowest BCUT2D eigenvalue weighted by Crippen LogP contribution is -2.03. The Morgan fingerprint density at radius 2 is 1.85 bits per heavy atom. The maximum Gasteiger partial charge on any atom is 0.185 e. The highest BCUT2D eigenvalue weighted by atomic mass is 35.5. The van der Waals surface area contributed by atoms with Crippen LogP contribution in [-0.4, -0.2) is 15.3 Å². The number of aryl methyl sites for hydroxylation is 1. The van der Waals surface area contributed by atoms with Crippen molar-refractivity contribution in [1.29, 1.82) is 0 Å². The maximum absolute atomic E-state index is 12.3. The normalized spacial score (nSPS) is 11.0. The van der Waals surface area contributed by atoms with Crippen LogP contribution in [0.4, 0.5) is 0 Å². The molecule has 6 heteroatoms. The topological polar surface area (TPSA) is 44.1 Å². The van der Waals surface area contributed by atoms with Crippen molar-refractivity contribution in [3.05, 3.63) is 87.9 Å². The van der Waals surface area contributed by atoms with Gasteiger partial charge in [-0.15, -0.1) is 0 Å². The number of benzene rings is 2. The van der Waals surface area contributed by atoms with E-state index in [0.717, 1.165) is 5.82 Å². The van der Waals surface area contributed by atoms with Crippen LogP contribution >= 0.6 is 23.2 Å². The summed E-state index contributed by atoms with van der Waals surface area (Å²) >= 11 is 12.2. The lowest BCUT2D eigenvalue weighted by atomic mass is 10.1. The zero-order valence-electron chi connectivity index (χ0n) is 14.0. The van der Waals surface area contributed by atoms with Gasteiger partial charge in [-0.25, -0.2) is 4.98 Å². The Bertz CT molecular complexity index is 926. The van der Waals surface area contributed by atoms with Crippen molar-refractivity contribution in [3.63, 3.8) is 0 Å². The number of carbonyl (C=O) groups is 1. The van der Waals surface area contributed by atoms with Gasteiger partial charge in [0.15, 0.2) is 5.78 Å². The fourth-order valence-electron chi connectivity index (χ4n) is 2.32. The van der Waals surface area contributed by atoms with Gasteiger partial charge in [0.25, 0.3) is 0 Å². The second kappa shape index (κ2) is 8.21. The van der Waals surface area contributed by atoms with Crippen molar-refractivity contribution in [2.45, 2.75) is 6.61 Å². The highest BCUT2D eigenvalue weighted by Crippen LogP contribution is 2.25. The maximum atomic E-state index is 12.3. The molecule has 0 radical (unpaired) electrons. The van der Waals surface area contributed by atoms with Gasteiger partial charge in [0.05, 0.1) is 0 Å². The molecular formula is C20H16Cl2N2O2. The third kappa shape index (κ3) is 4.34. The van der Waals surface area contributed by atoms with E-state index in [4.69, 9.17) is 27.9 Å². The van der Waals surface area contributed by atoms with E-state index in [0.29, 0.717) is 33.5 Å². The average molecular weight is 387 g/mol. The molecule has 0 saturated carbocycles. The summed E-state index contributed by atoms with van der Waals surface area (Å²) in [6, 6.07) is 12.2. The van der Waals surface area contributed by atoms with Crippen molar-refractivity contribution in [1.82, 2.24) is 9.55 Å². The van der Waals surface area contributed by atoms with E-state index in [2.05, 4.69) is 4.98 Å². The minimum Gasteiger partial charge on any atom is -0.486 e. The molecule has 0 saturated heterocycles. The van der Waals surface area contributed by atoms with Gasteiger partial charge in [-0.05, 0) is 48.6 Å². The number of halogens is 2. The molecule has 0 atom stereocenters. The predicted molar refractivity (Wildman–Crippen MR) is 104 cm³/mol. The molecule has 26 heavy (non-hydrogen) atoms. The SMILES string of the molecule is Cn1ccnc1COc1ccc(C(=O)/C=C/c2c(Cl)cccc2Cl)cc1. The smallest absolute Gasteiger partial charge is 0.185 e. The van der Waals surface area contributed by atoms with Crippen LogP contribution in [0, 0.1) is 0 Å². The first-order chi connectivity index (χ1) is 12.5. The van der Waals surface area contributed by atoms with Crippen LogP contribution in [0.2, 0.25) is 10.0 Å². The lowest BCUT2D eigenvalue weighted by molar-refractivity contribution is 0.104. The third-order valence-corrected chi connectivity index (χ3v) is 4.49. The molecule has 0 fully saturated rings. The van der Waals surface area contributed by atoms with Gasteiger partial charge in [0.1, 0.15) is 18.2 Å². The summed E-state index contributed by atoms with van der Waals surface area (Å²) in [6.45, 7) is 0.363. The Balaban J connectivity index is 1.65. The summed E-state index contributed by atoms with van der Waals surface area (Å²) in [5.74, 6) is 1.35. The van der Waals surface area contributed by atoms with Crippen molar-refractivity contribution in [3.8, 4) is 5.75 Å². The molecule has 0 amide bonds. The van der Waals surface area contributed by atoms with Crippen LogP contribution in [0.25, 0.3) is 6.08 Å². The van der Waals surface area contributed by atoms with E-state index in [9.17, 15) is 4.79 Å². The van der Waals surface area contributed by atoms with E-state index in [1.54, 1.807) is 54.7 Å². The first kappa shape index (κ1) is 18.2. The largest absolute Gasteiger partial charge is 0.486 e. The molecule has 3 aromatic rings. The standard InChI is InChI=1S/C20H16Cl2N2O2/c1-24-12-11-23-20(24)13-26-15-7-5-14(6-8-15)19(25)10-9-16-17(21)3-2-4-18(16)22/h2-12H,13H2,1H3/b10-9+. The van der Waals surface area contributed by atoms with Gasteiger partial charge >= 0.3 is 0 Å². The number of carbonyl (C=O) groups excluding carboxylic acids is 1. The van der Waals surface area contributed by atoms with E-state index >= 15 is 0 Å². The Morgan fingerprint density at radius 1 is 1.15 bits per heavy atom. The van der Waals surface area contributed by atoms with Crippen LogP contribution in [-0.2, 0) is 13.7 Å². The average Bonchev–Trinajstić information content (AvgIpc) is 3.05. The van der Waals surface area contributed by atoms with Crippen LogP contribution in [0.5, 0.6) is 5.75 Å². The number of hydrogen-bond acceptors (Lipinski definition) is 3. The number of aromatic nitrogens is 2. The van der Waals surface area contributed by atoms with Crippen molar-refractivity contribution < 1.29 is 9.53 Å². The summed E-state index contributed by atoms with van der Waals surface area (Å²) < 4.78 is 7.57. The van der Waals surface area contributed by atoms with Gasteiger partial charge in [-0.1, -0.05) is 29.3 Å². The van der Waals surface area contributed by atoms with E-state index in [1.165, 1.54) is 6.08 Å². The Kier molecular flexibility index (Phi) is 5.76. The van der Waals surface area contributed by atoms with Gasteiger partial charge < -0.3 is 9.30 Å². The van der Waals surface area contributed by atoms with E-state index in [-0.39, 0.29) is 5.78 Å². The van der Waals surface area contributed by atoms with Gasteiger partial charge in [0, 0.05) is 40.6 Å². The Hall–Kier alpha value is -2.56. The van der Waals surface area contributed by atoms with Crippen LogP contribution in [0.3, 0.4) is 0 Å². The molecule has 0 aliphatic carbocycles. The molecule has 0 bridgehead atoms. The molecule has 132 valence electrons. The number of imidazole rings is 1. The molecule has 1 heterocycles. The highest BCUT2D eigenvalue weighted by molar-refractivity contribution is 6.37. The molecule has 2 aromatic carbocycles. The van der Waals surface area contributed by atoms with Crippen molar-refractivity contribution in [2.75, 3.05) is 0 Å². The molecule has 0 aliphatic heterocycles. The van der Waals surface area contributed by atoms with Crippen molar-refractivity contribution in [2.24, 2.45) is 7.05 Å². The van der Waals surface area contributed by atoms with E-state index < -0.39 is 0 Å². The summed E-state index contributed by atoms with van der Waals surface area (Å²) in [6.07, 6.45) is 6.66. The predicted octanol–water partition coefficient (Wildman–Crippen LogP) is 5.20. The highest BCUT2D eigenvalue weighted by Gasteiger charge is 2.06. The van der Waals surface area contributed by atoms with Crippen LogP contribution in [0.1, 0.15) is 21.7 Å². The quantitative estimate of drug-likeness (QED) is 0.431. The number of nitrogens with zero attached hydrogens (tertiary/aromatic N) is 2. The third-order valence-electron chi connectivity index (χ3n) is 3.83. The molecule has 0 N–H and O–H groups in total. The minimum atomic E-state index is -0.142. The second-order valence-electron chi connectivity index (χ2n) is 5.60. The summed E-state index contributed by atoms with van der Waals surface area (Å²) in [5, 5.41) is 0.999. The number of allylic oxidation sites excluding steroid dienone is 1. The van der Waals surface area contributed by atoms with Crippen LogP contribution in [0.15, 0.2) is 60.9 Å². The zero-order valence-corrected chi connectivity index (χ0v) is 15.5. The molecule has 4 nitrogen and oxygen atoms in total. The molecule has 3 rings (SSSR count). The number of rotatable bonds is 6. The number of ether oxygens (including phenoxy) is 1. The second-order valence-corrected chi connectivity index (χ2v) is 6.41. The first-order valence-electron chi connectivity index (χ1n) is 7.90. The van der Waals surface area contributed by atoms with Gasteiger partial charge in [0.2, 0.25) is 0 Å². The zero-order chi connectivity index (χ0) is 18.5. The summed E-state index contributed by atoms with van der Waals surface area (Å²) in [7, 11) is 1.91. The number of hydrogen-bond donors (Lipinski definition) is 0. The molecule has 0 aliphatic rings. The number of ketones is 1. The van der Waals surface area contributed by atoms with Crippen molar-refractivity contribution >= 4 is 35.1 Å². The summed E-state index contributed by atoms with van der Waals surface area (Å²) in [5.41, 5.74) is 1.17. The van der Waals surface area contributed by atoms with Crippen LogP contribution < -0.4 is 4.74 Å². The van der Waals surface area contributed by atoms with Gasteiger partial charge in [-0.2, -0.15) is 0 Å². The molecular weight excluding hydrogens is 371 g/mol. The first-order valence-corrected chi connectivity index (χ1v) is 8.65. The monoisotopic (exact) mass is 386 g/mol. The molecule has 0 unspecified atom stereocenters. The molecule has 0 spiro atoms. The van der Waals surface area contributed by atoms with Gasteiger partial charge in [-0.3, -0.25) is 4.79 Å². The fourth-order valence-corrected chi connectivity index (χ4v) is 2.85. The Labute approximate surface area is 161 Å².